The minimum Gasteiger partial charge on any atom is -0.490 e. The highest BCUT2D eigenvalue weighted by atomic mass is 19.1. The van der Waals surface area contributed by atoms with Gasteiger partial charge in [0.15, 0.2) is 11.6 Å². The molecule has 2 aromatic rings. The van der Waals surface area contributed by atoms with Gasteiger partial charge in [-0.1, -0.05) is 31.2 Å². The maximum Gasteiger partial charge on any atom is 0.223 e. The molecule has 1 N–H and O–H groups in total. The number of benzene rings is 2. The second-order valence-electron chi connectivity index (χ2n) is 7.73. The van der Waals surface area contributed by atoms with Crippen molar-refractivity contribution in [1.29, 1.82) is 0 Å². The zero-order valence-corrected chi connectivity index (χ0v) is 16.8. The van der Waals surface area contributed by atoms with Crippen molar-refractivity contribution in [1.82, 2.24) is 10.2 Å². The van der Waals surface area contributed by atoms with E-state index < -0.39 is 11.6 Å². The molecule has 0 aromatic heterocycles. The van der Waals surface area contributed by atoms with E-state index >= 15 is 0 Å². The molecule has 3 rings (SSSR count). The number of carbonyl (C=O) groups excluding carboxylic acids is 1. The standard InChI is InChI=1S/C23H28F2N2O2/c1-17-8-11-27(12-9-17)16-19-4-2-18(3-5-19)15-26-23(28)10-13-29-22-7-6-20(24)14-21(22)25/h2-7,14,17H,8-13,15-16H2,1H3,(H,26,28). The van der Waals surface area contributed by atoms with Gasteiger partial charge in [0.1, 0.15) is 5.82 Å². The molecule has 0 saturated carbocycles. The summed E-state index contributed by atoms with van der Waals surface area (Å²) in [5, 5.41) is 2.83. The molecule has 29 heavy (non-hydrogen) atoms. The summed E-state index contributed by atoms with van der Waals surface area (Å²) in [6.07, 6.45) is 2.63. The molecule has 1 aliphatic heterocycles. The number of piperidine rings is 1. The summed E-state index contributed by atoms with van der Waals surface area (Å²) < 4.78 is 31.5. The minimum absolute atomic E-state index is 0.0295. The van der Waals surface area contributed by atoms with Crippen molar-refractivity contribution in [2.75, 3.05) is 19.7 Å². The molecular formula is C23H28F2N2O2. The van der Waals surface area contributed by atoms with Crippen LogP contribution in [0.1, 0.15) is 37.3 Å². The zero-order chi connectivity index (χ0) is 20.6. The predicted molar refractivity (Wildman–Crippen MR) is 108 cm³/mol. The SMILES string of the molecule is CC1CCN(Cc2ccc(CNC(=O)CCOc3ccc(F)cc3F)cc2)CC1. The third-order valence-corrected chi connectivity index (χ3v) is 5.28. The van der Waals surface area contributed by atoms with Crippen LogP contribution < -0.4 is 10.1 Å². The molecular weight excluding hydrogens is 374 g/mol. The molecule has 0 atom stereocenters. The first-order valence-corrected chi connectivity index (χ1v) is 10.1. The molecule has 0 radical (unpaired) electrons. The fourth-order valence-corrected chi connectivity index (χ4v) is 3.38. The summed E-state index contributed by atoms with van der Waals surface area (Å²) in [4.78, 5) is 14.4. The van der Waals surface area contributed by atoms with Crippen LogP contribution in [0, 0.1) is 17.6 Å². The summed E-state index contributed by atoms with van der Waals surface area (Å²) in [6.45, 7) is 6.06. The number of amides is 1. The monoisotopic (exact) mass is 402 g/mol. The van der Waals surface area contributed by atoms with E-state index in [1.807, 2.05) is 12.1 Å². The minimum atomic E-state index is -0.774. The van der Waals surface area contributed by atoms with E-state index in [0.717, 1.165) is 43.2 Å². The van der Waals surface area contributed by atoms with E-state index in [2.05, 4.69) is 29.3 Å². The Hall–Kier alpha value is -2.47. The summed E-state index contributed by atoms with van der Waals surface area (Å²) >= 11 is 0. The maximum absolute atomic E-state index is 13.5. The first-order chi connectivity index (χ1) is 14.0. The van der Waals surface area contributed by atoms with Crippen LogP contribution in [0.2, 0.25) is 0 Å². The molecule has 4 nitrogen and oxygen atoms in total. The van der Waals surface area contributed by atoms with E-state index in [9.17, 15) is 13.6 Å². The molecule has 1 fully saturated rings. The fourth-order valence-electron chi connectivity index (χ4n) is 3.38. The van der Waals surface area contributed by atoms with Gasteiger partial charge in [0.05, 0.1) is 13.0 Å². The van der Waals surface area contributed by atoms with Crippen LogP contribution in [0.3, 0.4) is 0 Å². The molecule has 1 aliphatic rings. The summed E-state index contributed by atoms with van der Waals surface area (Å²) in [5.74, 6) is -0.844. The Labute approximate surface area is 170 Å². The van der Waals surface area contributed by atoms with Crippen LogP contribution in [-0.4, -0.2) is 30.5 Å². The van der Waals surface area contributed by atoms with Crippen molar-refractivity contribution in [3.63, 3.8) is 0 Å². The Bertz CT molecular complexity index is 803. The largest absolute Gasteiger partial charge is 0.490 e. The van der Waals surface area contributed by atoms with E-state index in [1.165, 1.54) is 24.5 Å². The van der Waals surface area contributed by atoms with Crippen LogP contribution in [0.4, 0.5) is 8.78 Å². The van der Waals surface area contributed by atoms with Crippen LogP contribution >= 0.6 is 0 Å². The van der Waals surface area contributed by atoms with E-state index in [4.69, 9.17) is 4.74 Å². The lowest BCUT2D eigenvalue weighted by Gasteiger charge is -2.30. The highest BCUT2D eigenvalue weighted by Gasteiger charge is 2.15. The van der Waals surface area contributed by atoms with Gasteiger partial charge in [0, 0.05) is 19.2 Å². The van der Waals surface area contributed by atoms with Crippen LogP contribution in [0.5, 0.6) is 5.75 Å². The number of nitrogens with one attached hydrogen (secondary N) is 1. The first-order valence-electron chi connectivity index (χ1n) is 10.1. The van der Waals surface area contributed by atoms with Gasteiger partial charge >= 0.3 is 0 Å². The van der Waals surface area contributed by atoms with Gasteiger partial charge in [-0.05, 0) is 55.1 Å². The summed E-state index contributed by atoms with van der Waals surface area (Å²) in [5.41, 5.74) is 2.31. The van der Waals surface area contributed by atoms with Crippen LogP contribution in [0.15, 0.2) is 42.5 Å². The molecule has 0 bridgehead atoms. The van der Waals surface area contributed by atoms with Gasteiger partial charge in [-0.2, -0.15) is 0 Å². The Kier molecular flexibility index (Phi) is 7.58. The average molecular weight is 402 g/mol. The maximum atomic E-state index is 13.5. The number of nitrogens with zero attached hydrogens (tertiary/aromatic N) is 1. The summed E-state index contributed by atoms with van der Waals surface area (Å²) in [6, 6.07) is 11.4. The van der Waals surface area contributed by atoms with Gasteiger partial charge < -0.3 is 10.1 Å². The average Bonchev–Trinajstić information content (AvgIpc) is 2.71. The molecule has 0 spiro atoms. The number of rotatable bonds is 8. The van der Waals surface area contributed by atoms with Gasteiger partial charge in [-0.25, -0.2) is 8.78 Å². The number of hydrogen-bond donors (Lipinski definition) is 1. The highest BCUT2D eigenvalue weighted by molar-refractivity contribution is 5.76. The van der Waals surface area contributed by atoms with Crippen molar-refractivity contribution in [2.45, 2.75) is 39.3 Å². The number of ether oxygens (including phenoxy) is 1. The topological polar surface area (TPSA) is 41.6 Å². The lowest BCUT2D eigenvalue weighted by atomic mass is 9.99. The van der Waals surface area contributed by atoms with E-state index in [0.29, 0.717) is 6.54 Å². The van der Waals surface area contributed by atoms with Crippen molar-refractivity contribution >= 4 is 5.91 Å². The molecule has 1 heterocycles. The number of carbonyl (C=O) groups is 1. The molecule has 156 valence electrons. The quantitative estimate of drug-likeness (QED) is 0.717. The van der Waals surface area contributed by atoms with Crippen molar-refractivity contribution in [3.05, 3.63) is 65.2 Å². The third kappa shape index (κ3) is 6.82. The first kappa shape index (κ1) is 21.2. The van der Waals surface area contributed by atoms with Crippen molar-refractivity contribution in [2.24, 2.45) is 5.92 Å². The summed E-state index contributed by atoms with van der Waals surface area (Å²) in [7, 11) is 0. The Morgan fingerprint density at radius 3 is 2.48 bits per heavy atom. The molecule has 0 unspecified atom stereocenters. The lowest BCUT2D eigenvalue weighted by Crippen LogP contribution is -2.32. The lowest BCUT2D eigenvalue weighted by molar-refractivity contribution is -0.121. The number of likely N-dealkylation sites (tertiary alicyclic amines) is 1. The van der Waals surface area contributed by atoms with Crippen LogP contribution in [0.25, 0.3) is 0 Å². The Morgan fingerprint density at radius 2 is 1.79 bits per heavy atom. The molecule has 1 saturated heterocycles. The second kappa shape index (κ2) is 10.3. The van der Waals surface area contributed by atoms with Crippen molar-refractivity contribution < 1.29 is 18.3 Å². The number of hydrogen-bond acceptors (Lipinski definition) is 3. The fraction of sp³-hybridized carbons (Fsp3) is 0.435. The van der Waals surface area contributed by atoms with Crippen molar-refractivity contribution in [3.8, 4) is 5.75 Å². The smallest absolute Gasteiger partial charge is 0.223 e. The predicted octanol–water partition coefficient (Wildman–Crippen LogP) is 4.28. The van der Waals surface area contributed by atoms with Gasteiger partial charge in [-0.15, -0.1) is 0 Å². The normalized spacial score (nSPS) is 15.3. The molecule has 2 aromatic carbocycles. The highest BCUT2D eigenvalue weighted by Crippen LogP contribution is 2.19. The van der Waals surface area contributed by atoms with E-state index in [1.54, 1.807) is 0 Å². The molecule has 6 heteroatoms. The Morgan fingerprint density at radius 1 is 1.10 bits per heavy atom. The zero-order valence-electron chi connectivity index (χ0n) is 16.8. The third-order valence-electron chi connectivity index (χ3n) is 5.28. The molecule has 0 aliphatic carbocycles. The Balaban J connectivity index is 1.36. The van der Waals surface area contributed by atoms with Gasteiger partial charge in [-0.3, -0.25) is 9.69 Å². The van der Waals surface area contributed by atoms with Gasteiger partial charge in [0.2, 0.25) is 5.91 Å². The van der Waals surface area contributed by atoms with E-state index in [-0.39, 0.29) is 24.7 Å². The van der Waals surface area contributed by atoms with Crippen LogP contribution in [-0.2, 0) is 17.9 Å². The van der Waals surface area contributed by atoms with Gasteiger partial charge in [0.25, 0.3) is 0 Å². The second-order valence-corrected chi connectivity index (χ2v) is 7.73. The number of halogens is 2. The molecule has 1 amide bonds.